The molecule has 0 atom stereocenters. The van der Waals surface area contributed by atoms with Gasteiger partial charge in [0.1, 0.15) is 23.8 Å². The van der Waals surface area contributed by atoms with E-state index < -0.39 is 17.0 Å². The number of nitrogens with one attached hydrogen (secondary N) is 1. The molecule has 31 heavy (non-hydrogen) atoms. The van der Waals surface area contributed by atoms with Gasteiger partial charge in [-0.2, -0.15) is 0 Å². The number of hydrogen-bond donors (Lipinski definition) is 1. The Balaban J connectivity index is 1.79. The molecule has 1 N–H and O–H groups in total. The first-order chi connectivity index (χ1) is 15.0. The lowest BCUT2D eigenvalue weighted by atomic mass is 10.2. The molecule has 162 valence electrons. The minimum absolute atomic E-state index is 0.173. The molecule has 0 unspecified atom stereocenters. The summed E-state index contributed by atoms with van der Waals surface area (Å²) >= 11 is 0. The number of carbonyl (C=O) groups is 1. The van der Waals surface area contributed by atoms with Crippen LogP contribution in [0.15, 0.2) is 64.4 Å². The van der Waals surface area contributed by atoms with Crippen molar-refractivity contribution < 1.29 is 19.0 Å². The van der Waals surface area contributed by atoms with Gasteiger partial charge in [-0.1, -0.05) is 18.2 Å². The smallest absolute Gasteiger partial charge is 0.316 e. The van der Waals surface area contributed by atoms with E-state index in [-0.39, 0.29) is 13.1 Å². The van der Waals surface area contributed by atoms with Crippen LogP contribution in [0.3, 0.4) is 0 Å². The summed E-state index contributed by atoms with van der Waals surface area (Å²) < 4.78 is 18.0. The van der Waals surface area contributed by atoms with E-state index >= 15 is 0 Å². The maximum absolute atomic E-state index is 12.5. The molecule has 0 bridgehead atoms. The normalized spacial score (nSPS) is 10.4. The first kappa shape index (κ1) is 21.7. The molecule has 1 aromatic heterocycles. The monoisotopic (exact) mass is 425 g/mol. The average Bonchev–Trinajstić information content (AvgIpc) is 2.79. The SMILES string of the molecule is COc1ccc(OC)c(NC(=O)Cn2ccn(Cc3ccccc3OC)c(=O)c2=O)c1. The van der Waals surface area contributed by atoms with Gasteiger partial charge in [-0.3, -0.25) is 19.0 Å². The fourth-order valence-electron chi connectivity index (χ4n) is 3.06. The molecule has 0 aliphatic heterocycles. The van der Waals surface area contributed by atoms with Crippen LogP contribution >= 0.6 is 0 Å². The van der Waals surface area contributed by atoms with Crippen molar-refractivity contribution in [1.82, 2.24) is 9.13 Å². The molecule has 3 rings (SSSR count). The van der Waals surface area contributed by atoms with Crippen molar-refractivity contribution in [2.45, 2.75) is 13.1 Å². The van der Waals surface area contributed by atoms with Crippen molar-refractivity contribution in [3.05, 3.63) is 81.1 Å². The largest absolute Gasteiger partial charge is 0.497 e. The van der Waals surface area contributed by atoms with E-state index in [2.05, 4.69) is 5.32 Å². The van der Waals surface area contributed by atoms with E-state index in [0.717, 1.165) is 10.1 Å². The zero-order valence-corrected chi connectivity index (χ0v) is 17.5. The number of aromatic nitrogens is 2. The summed E-state index contributed by atoms with van der Waals surface area (Å²) in [7, 11) is 4.52. The fraction of sp³-hybridized carbons (Fsp3) is 0.227. The van der Waals surface area contributed by atoms with Crippen LogP contribution in [-0.4, -0.2) is 36.4 Å². The van der Waals surface area contributed by atoms with Crippen LogP contribution in [0.2, 0.25) is 0 Å². The lowest BCUT2D eigenvalue weighted by Crippen LogP contribution is -2.42. The Morgan fingerprint density at radius 3 is 2.26 bits per heavy atom. The number of methoxy groups -OCH3 is 3. The molecule has 0 aliphatic rings. The average molecular weight is 425 g/mol. The molecule has 0 spiro atoms. The third-order valence-corrected chi connectivity index (χ3v) is 4.66. The maximum atomic E-state index is 12.5. The summed E-state index contributed by atoms with van der Waals surface area (Å²) in [5, 5.41) is 2.67. The summed E-state index contributed by atoms with van der Waals surface area (Å²) in [5.41, 5.74) is -0.387. The van der Waals surface area contributed by atoms with E-state index in [1.165, 1.54) is 38.3 Å². The summed E-state index contributed by atoms with van der Waals surface area (Å²) in [6.07, 6.45) is 2.87. The molecule has 9 heteroatoms. The van der Waals surface area contributed by atoms with Crippen molar-refractivity contribution in [2.75, 3.05) is 26.6 Å². The number of carbonyl (C=O) groups excluding carboxylic acids is 1. The predicted molar refractivity (Wildman–Crippen MR) is 115 cm³/mol. The van der Waals surface area contributed by atoms with E-state index in [9.17, 15) is 14.4 Å². The molecule has 0 radical (unpaired) electrons. The van der Waals surface area contributed by atoms with Crippen LogP contribution in [-0.2, 0) is 17.9 Å². The minimum atomic E-state index is -0.801. The number of anilines is 1. The molecular weight excluding hydrogens is 402 g/mol. The number of ether oxygens (including phenoxy) is 3. The van der Waals surface area contributed by atoms with Gasteiger partial charge in [0.05, 0.1) is 33.6 Å². The Bertz CT molecular complexity index is 1200. The van der Waals surface area contributed by atoms with E-state index in [4.69, 9.17) is 14.2 Å². The molecule has 0 saturated carbocycles. The van der Waals surface area contributed by atoms with Crippen molar-refractivity contribution in [2.24, 2.45) is 0 Å². The second kappa shape index (κ2) is 9.66. The van der Waals surface area contributed by atoms with E-state index in [0.29, 0.717) is 22.9 Å². The van der Waals surface area contributed by atoms with Gasteiger partial charge in [0.25, 0.3) is 0 Å². The van der Waals surface area contributed by atoms with Crippen LogP contribution in [0.4, 0.5) is 5.69 Å². The first-order valence-electron chi connectivity index (χ1n) is 9.40. The van der Waals surface area contributed by atoms with Crippen LogP contribution in [0, 0.1) is 0 Å². The Morgan fingerprint density at radius 1 is 0.871 bits per heavy atom. The molecular formula is C22H23N3O6. The van der Waals surface area contributed by atoms with Gasteiger partial charge < -0.3 is 24.1 Å². The van der Waals surface area contributed by atoms with Gasteiger partial charge in [0.15, 0.2) is 0 Å². The number of benzene rings is 2. The Hall–Kier alpha value is -4.01. The second-order valence-corrected chi connectivity index (χ2v) is 6.59. The predicted octanol–water partition coefficient (Wildman–Crippen LogP) is 1.72. The zero-order chi connectivity index (χ0) is 22.4. The van der Waals surface area contributed by atoms with Crippen LogP contribution in [0.5, 0.6) is 17.2 Å². The molecule has 0 aliphatic carbocycles. The van der Waals surface area contributed by atoms with E-state index in [1.807, 2.05) is 18.2 Å². The van der Waals surface area contributed by atoms with Crippen LogP contribution in [0.1, 0.15) is 5.56 Å². The summed E-state index contributed by atoms with van der Waals surface area (Å²) in [5.74, 6) is 1.10. The highest BCUT2D eigenvalue weighted by atomic mass is 16.5. The van der Waals surface area contributed by atoms with Gasteiger partial charge in [-0.15, -0.1) is 0 Å². The Morgan fingerprint density at radius 2 is 1.55 bits per heavy atom. The quantitative estimate of drug-likeness (QED) is 0.552. The molecule has 0 saturated heterocycles. The number of rotatable bonds is 8. The van der Waals surface area contributed by atoms with Crippen LogP contribution < -0.4 is 30.6 Å². The highest BCUT2D eigenvalue weighted by molar-refractivity contribution is 5.92. The summed E-state index contributed by atoms with van der Waals surface area (Å²) in [6, 6.07) is 12.2. The number of amides is 1. The molecule has 9 nitrogen and oxygen atoms in total. The highest BCUT2D eigenvalue weighted by Gasteiger charge is 2.13. The van der Waals surface area contributed by atoms with Crippen molar-refractivity contribution in [3.63, 3.8) is 0 Å². The Labute approximate surface area is 178 Å². The summed E-state index contributed by atoms with van der Waals surface area (Å²) in [4.78, 5) is 37.5. The number of para-hydroxylation sites is 1. The fourth-order valence-corrected chi connectivity index (χ4v) is 3.06. The van der Waals surface area contributed by atoms with Crippen molar-refractivity contribution in [1.29, 1.82) is 0 Å². The molecule has 1 heterocycles. The van der Waals surface area contributed by atoms with Crippen LogP contribution in [0.25, 0.3) is 0 Å². The topological polar surface area (TPSA) is 101 Å². The van der Waals surface area contributed by atoms with Crippen molar-refractivity contribution in [3.8, 4) is 17.2 Å². The maximum Gasteiger partial charge on any atom is 0.316 e. The van der Waals surface area contributed by atoms with Gasteiger partial charge in [-0.25, -0.2) is 0 Å². The Kier molecular flexibility index (Phi) is 6.76. The van der Waals surface area contributed by atoms with Gasteiger partial charge in [0.2, 0.25) is 5.91 Å². The lowest BCUT2D eigenvalue weighted by molar-refractivity contribution is -0.116. The van der Waals surface area contributed by atoms with Gasteiger partial charge in [0, 0.05) is 24.0 Å². The standard InChI is InChI=1S/C22H23N3O6/c1-29-16-8-9-19(31-3)17(12-16)23-20(26)14-25-11-10-24(21(27)22(25)28)13-15-6-4-5-7-18(15)30-2/h4-12H,13-14H2,1-3H3,(H,23,26). The lowest BCUT2D eigenvalue weighted by Gasteiger charge is -2.13. The molecule has 1 amide bonds. The molecule has 3 aromatic rings. The second-order valence-electron chi connectivity index (χ2n) is 6.59. The highest BCUT2D eigenvalue weighted by Crippen LogP contribution is 2.28. The third kappa shape index (κ3) is 4.95. The van der Waals surface area contributed by atoms with E-state index in [1.54, 1.807) is 24.3 Å². The van der Waals surface area contributed by atoms with Crippen molar-refractivity contribution >= 4 is 11.6 Å². The molecule has 2 aromatic carbocycles. The minimum Gasteiger partial charge on any atom is -0.497 e. The number of nitrogens with zero attached hydrogens (tertiary/aromatic N) is 2. The summed E-state index contributed by atoms with van der Waals surface area (Å²) in [6.45, 7) is -0.157. The first-order valence-corrected chi connectivity index (χ1v) is 9.40. The zero-order valence-electron chi connectivity index (χ0n) is 17.5. The molecule has 0 fully saturated rings. The number of hydrogen-bond acceptors (Lipinski definition) is 6. The van der Waals surface area contributed by atoms with Gasteiger partial charge in [-0.05, 0) is 18.2 Å². The third-order valence-electron chi connectivity index (χ3n) is 4.66. The van der Waals surface area contributed by atoms with Gasteiger partial charge >= 0.3 is 11.1 Å².